The Labute approximate surface area is 159 Å². The highest BCUT2D eigenvalue weighted by Crippen LogP contribution is 2.28. The van der Waals surface area contributed by atoms with Gasteiger partial charge in [0, 0.05) is 11.3 Å². The molecule has 0 fully saturated rings. The van der Waals surface area contributed by atoms with Gasteiger partial charge in [0.1, 0.15) is 0 Å². The predicted octanol–water partition coefficient (Wildman–Crippen LogP) is 4.20. The Morgan fingerprint density at radius 2 is 1.74 bits per heavy atom. The van der Waals surface area contributed by atoms with E-state index in [0.717, 1.165) is 12.0 Å². The summed E-state index contributed by atoms with van der Waals surface area (Å²) >= 11 is 0. The van der Waals surface area contributed by atoms with Crippen molar-refractivity contribution < 1.29 is 19.1 Å². The van der Waals surface area contributed by atoms with E-state index in [1.165, 1.54) is 6.92 Å². The summed E-state index contributed by atoms with van der Waals surface area (Å²) in [6.07, 6.45) is 0.818. The van der Waals surface area contributed by atoms with Crippen LogP contribution in [0.25, 0.3) is 0 Å². The molecule has 142 valence electrons. The van der Waals surface area contributed by atoms with Gasteiger partial charge in [0.15, 0.2) is 12.4 Å². The molecule has 2 rings (SSSR count). The molecule has 5 nitrogen and oxygen atoms in total. The lowest BCUT2D eigenvalue weighted by Crippen LogP contribution is -2.27. The highest BCUT2D eigenvalue weighted by molar-refractivity contribution is 5.97. The Morgan fingerprint density at radius 1 is 1.04 bits per heavy atom. The molecule has 2 aromatic rings. The number of hydrogen-bond donors (Lipinski definition) is 1. The summed E-state index contributed by atoms with van der Waals surface area (Å²) in [5.74, 6) is -1.26. The fourth-order valence-corrected chi connectivity index (χ4v) is 2.83. The molecule has 0 unspecified atom stereocenters. The van der Waals surface area contributed by atoms with Crippen LogP contribution in [0.5, 0.6) is 0 Å². The average molecular weight is 367 g/mol. The second-order valence-corrected chi connectivity index (χ2v) is 6.57. The van der Waals surface area contributed by atoms with Crippen molar-refractivity contribution in [2.24, 2.45) is 5.92 Å². The van der Waals surface area contributed by atoms with Crippen molar-refractivity contribution in [1.29, 1.82) is 0 Å². The van der Waals surface area contributed by atoms with Crippen LogP contribution in [0, 0.1) is 5.92 Å². The van der Waals surface area contributed by atoms with Crippen LogP contribution in [-0.4, -0.2) is 24.3 Å². The number of ketones is 1. The zero-order chi connectivity index (χ0) is 19.8. The summed E-state index contributed by atoms with van der Waals surface area (Å²) in [5.41, 5.74) is 1.88. The van der Waals surface area contributed by atoms with E-state index in [1.807, 2.05) is 44.2 Å². The first-order chi connectivity index (χ1) is 12.9. The summed E-state index contributed by atoms with van der Waals surface area (Å²) in [6.45, 7) is 5.10. The van der Waals surface area contributed by atoms with E-state index < -0.39 is 17.8 Å². The average Bonchev–Trinajstić information content (AvgIpc) is 2.67. The van der Waals surface area contributed by atoms with Crippen molar-refractivity contribution in [2.45, 2.75) is 33.1 Å². The van der Waals surface area contributed by atoms with Gasteiger partial charge in [-0.25, -0.2) is 0 Å². The van der Waals surface area contributed by atoms with E-state index >= 15 is 0 Å². The van der Waals surface area contributed by atoms with Crippen LogP contribution in [0.2, 0.25) is 0 Å². The van der Waals surface area contributed by atoms with Gasteiger partial charge in [-0.05, 0) is 30.5 Å². The lowest BCUT2D eigenvalue weighted by molar-refractivity contribution is -0.150. The number of benzene rings is 2. The maximum atomic E-state index is 12.6. The number of carbonyl (C=O) groups excluding carboxylic acids is 3. The minimum Gasteiger partial charge on any atom is -0.455 e. The Morgan fingerprint density at radius 3 is 2.37 bits per heavy atom. The second-order valence-electron chi connectivity index (χ2n) is 6.57. The minimum absolute atomic E-state index is 0.0863. The van der Waals surface area contributed by atoms with E-state index in [2.05, 4.69) is 5.32 Å². The molecule has 0 heterocycles. The summed E-state index contributed by atoms with van der Waals surface area (Å²) in [4.78, 5) is 36.1. The number of ether oxygens (including phenoxy) is 1. The van der Waals surface area contributed by atoms with Crippen LogP contribution in [0.1, 0.15) is 49.0 Å². The Hall–Kier alpha value is -2.95. The van der Waals surface area contributed by atoms with Gasteiger partial charge in [-0.1, -0.05) is 62.7 Å². The SMILES string of the molecule is CC[C@H](C)[C@H](C(=O)OCC(=O)Nc1cccc(C(C)=O)c1)c1ccccc1. The Kier molecular flexibility index (Phi) is 7.29. The summed E-state index contributed by atoms with van der Waals surface area (Å²) in [6, 6.07) is 16.1. The van der Waals surface area contributed by atoms with E-state index in [9.17, 15) is 14.4 Å². The molecule has 1 N–H and O–H groups in total. The minimum atomic E-state index is -0.444. The lowest BCUT2D eigenvalue weighted by atomic mass is 9.86. The lowest BCUT2D eigenvalue weighted by Gasteiger charge is -2.21. The molecule has 1 amide bonds. The first-order valence-electron chi connectivity index (χ1n) is 9.04. The maximum Gasteiger partial charge on any atom is 0.314 e. The number of Topliss-reactive ketones (excluding diaryl/α,β-unsaturated/α-hetero) is 1. The number of rotatable bonds is 8. The van der Waals surface area contributed by atoms with Crippen molar-refractivity contribution in [3.05, 3.63) is 65.7 Å². The van der Waals surface area contributed by atoms with Gasteiger partial charge >= 0.3 is 5.97 Å². The van der Waals surface area contributed by atoms with Gasteiger partial charge in [0.25, 0.3) is 5.91 Å². The molecule has 0 aliphatic rings. The van der Waals surface area contributed by atoms with Gasteiger partial charge in [-0.3, -0.25) is 14.4 Å². The summed E-state index contributed by atoms with van der Waals surface area (Å²) < 4.78 is 5.28. The van der Waals surface area contributed by atoms with E-state index in [0.29, 0.717) is 11.3 Å². The fraction of sp³-hybridized carbons (Fsp3) is 0.318. The molecule has 5 heteroatoms. The molecule has 2 aromatic carbocycles. The molecule has 0 spiro atoms. The number of carbonyl (C=O) groups is 3. The van der Waals surface area contributed by atoms with Crippen LogP contribution >= 0.6 is 0 Å². The van der Waals surface area contributed by atoms with Gasteiger partial charge in [-0.15, -0.1) is 0 Å². The van der Waals surface area contributed by atoms with Gasteiger partial charge in [0.05, 0.1) is 5.92 Å². The second kappa shape index (κ2) is 9.67. The highest BCUT2D eigenvalue weighted by atomic mass is 16.5. The molecule has 0 aliphatic heterocycles. The third kappa shape index (κ3) is 5.78. The van der Waals surface area contributed by atoms with Gasteiger partial charge < -0.3 is 10.1 Å². The molecular formula is C22H25NO4. The predicted molar refractivity (Wildman–Crippen MR) is 105 cm³/mol. The molecule has 0 radical (unpaired) electrons. The standard InChI is InChI=1S/C22H25NO4/c1-4-15(2)21(17-9-6-5-7-10-17)22(26)27-14-20(25)23-19-12-8-11-18(13-19)16(3)24/h5-13,15,21H,4,14H2,1-3H3,(H,23,25)/t15-,21-/m0/s1. The molecule has 0 bridgehead atoms. The van der Waals surface area contributed by atoms with E-state index in [-0.39, 0.29) is 18.3 Å². The highest BCUT2D eigenvalue weighted by Gasteiger charge is 2.27. The molecule has 0 aromatic heterocycles. The normalized spacial score (nSPS) is 12.7. The monoisotopic (exact) mass is 367 g/mol. The van der Waals surface area contributed by atoms with Crippen molar-refractivity contribution in [1.82, 2.24) is 0 Å². The van der Waals surface area contributed by atoms with Crippen molar-refractivity contribution in [3.63, 3.8) is 0 Å². The molecular weight excluding hydrogens is 342 g/mol. The zero-order valence-electron chi connectivity index (χ0n) is 15.9. The van der Waals surface area contributed by atoms with Crippen LogP contribution in [0.3, 0.4) is 0 Å². The third-order valence-electron chi connectivity index (χ3n) is 4.52. The number of esters is 1. The summed E-state index contributed by atoms with van der Waals surface area (Å²) in [5, 5.41) is 2.65. The van der Waals surface area contributed by atoms with Gasteiger partial charge in [-0.2, -0.15) is 0 Å². The van der Waals surface area contributed by atoms with E-state index in [4.69, 9.17) is 4.74 Å². The topological polar surface area (TPSA) is 72.5 Å². The smallest absolute Gasteiger partial charge is 0.314 e. The Bertz CT molecular complexity index is 801. The molecule has 0 saturated heterocycles. The molecule has 27 heavy (non-hydrogen) atoms. The van der Waals surface area contributed by atoms with E-state index in [1.54, 1.807) is 24.3 Å². The first-order valence-corrected chi connectivity index (χ1v) is 9.04. The number of amides is 1. The quantitative estimate of drug-likeness (QED) is 0.561. The molecule has 0 saturated carbocycles. The fourth-order valence-electron chi connectivity index (χ4n) is 2.83. The summed E-state index contributed by atoms with van der Waals surface area (Å²) in [7, 11) is 0. The van der Waals surface area contributed by atoms with Crippen LogP contribution in [0.4, 0.5) is 5.69 Å². The Balaban J connectivity index is 1.99. The zero-order valence-corrected chi connectivity index (χ0v) is 15.9. The molecule has 0 aliphatic carbocycles. The molecule has 2 atom stereocenters. The number of anilines is 1. The van der Waals surface area contributed by atoms with Crippen molar-refractivity contribution in [3.8, 4) is 0 Å². The van der Waals surface area contributed by atoms with Crippen molar-refractivity contribution >= 4 is 23.3 Å². The largest absolute Gasteiger partial charge is 0.455 e. The van der Waals surface area contributed by atoms with Gasteiger partial charge in [0.2, 0.25) is 0 Å². The van der Waals surface area contributed by atoms with Crippen LogP contribution in [-0.2, 0) is 14.3 Å². The first kappa shape index (κ1) is 20.4. The maximum absolute atomic E-state index is 12.6. The number of nitrogens with one attached hydrogen (secondary N) is 1. The van der Waals surface area contributed by atoms with Crippen LogP contribution in [0.15, 0.2) is 54.6 Å². The van der Waals surface area contributed by atoms with Crippen LogP contribution < -0.4 is 5.32 Å². The number of hydrogen-bond acceptors (Lipinski definition) is 4. The van der Waals surface area contributed by atoms with Crippen molar-refractivity contribution in [2.75, 3.05) is 11.9 Å². The third-order valence-corrected chi connectivity index (χ3v) is 4.52.